The van der Waals surface area contributed by atoms with E-state index in [1.165, 1.54) is 11.3 Å². The zero-order valence-corrected chi connectivity index (χ0v) is 12.7. The van der Waals surface area contributed by atoms with Crippen LogP contribution in [0.3, 0.4) is 0 Å². The topological polar surface area (TPSA) is 108 Å². The van der Waals surface area contributed by atoms with Gasteiger partial charge in [0.1, 0.15) is 27.0 Å². The van der Waals surface area contributed by atoms with Gasteiger partial charge in [-0.2, -0.15) is 0 Å². The number of fused-ring (bicyclic) bond motifs is 1. The van der Waals surface area contributed by atoms with Crippen molar-refractivity contribution in [2.45, 2.75) is 25.7 Å². The molecule has 3 aromatic heterocycles. The van der Waals surface area contributed by atoms with Crippen LogP contribution in [-0.2, 0) is 0 Å². The molecular weight excluding hydrogens is 300 g/mol. The summed E-state index contributed by atoms with van der Waals surface area (Å²) in [5.74, 6) is 2.05. The molecule has 0 bridgehead atoms. The van der Waals surface area contributed by atoms with Gasteiger partial charge in [-0.25, -0.2) is 9.97 Å². The first-order valence-corrected chi connectivity index (χ1v) is 7.82. The van der Waals surface area contributed by atoms with Crippen LogP contribution in [0.25, 0.3) is 21.7 Å². The maximum absolute atomic E-state index is 11.6. The fourth-order valence-electron chi connectivity index (χ4n) is 2.49. The number of anilines is 1. The number of rotatable bonds is 3. The van der Waals surface area contributed by atoms with Crippen molar-refractivity contribution in [3.05, 3.63) is 28.6 Å². The summed E-state index contributed by atoms with van der Waals surface area (Å²) in [6, 6.07) is 3.73. The molecule has 0 aromatic carbocycles. The Labute approximate surface area is 130 Å². The molecule has 6 nitrogen and oxygen atoms in total. The van der Waals surface area contributed by atoms with Crippen molar-refractivity contribution in [1.82, 2.24) is 9.97 Å². The van der Waals surface area contributed by atoms with Gasteiger partial charge in [0.2, 0.25) is 0 Å². The lowest BCUT2D eigenvalue weighted by molar-refractivity contribution is 0.100. The van der Waals surface area contributed by atoms with E-state index >= 15 is 0 Å². The molecule has 0 radical (unpaired) electrons. The number of aromatic nitrogens is 2. The van der Waals surface area contributed by atoms with Crippen LogP contribution in [0.1, 0.15) is 40.0 Å². The van der Waals surface area contributed by atoms with E-state index in [4.69, 9.17) is 15.9 Å². The Hall–Kier alpha value is -2.41. The second-order valence-corrected chi connectivity index (χ2v) is 6.50. The Kier molecular flexibility index (Phi) is 2.74. The van der Waals surface area contributed by atoms with Crippen molar-refractivity contribution < 1.29 is 9.21 Å². The highest BCUT2D eigenvalue weighted by atomic mass is 32.1. The standard InChI is InChI=1S/C15H14N4O2S/c1-6-2-5-8(21-6)11-9-10(16)12(13(17)20)22-15(9)19-14(18-11)7-3-4-7/h2,5,7H,3-4,16H2,1H3,(H2,17,20). The molecule has 1 aliphatic rings. The fraction of sp³-hybridized carbons (Fsp3) is 0.267. The number of hydrogen-bond donors (Lipinski definition) is 2. The first-order chi connectivity index (χ1) is 10.5. The third kappa shape index (κ3) is 1.97. The maximum Gasteiger partial charge on any atom is 0.260 e. The molecule has 3 heterocycles. The molecule has 3 aromatic rings. The lowest BCUT2D eigenvalue weighted by Crippen LogP contribution is -2.10. The zero-order chi connectivity index (χ0) is 15.4. The van der Waals surface area contributed by atoms with E-state index < -0.39 is 5.91 Å². The zero-order valence-electron chi connectivity index (χ0n) is 11.9. The monoisotopic (exact) mass is 314 g/mol. The number of carbonyl (C=O) groups excluding carboxylic acids is 1. The molecule has 1 saturated carbocycles. The van der Waals surface area contributed by atoms with Gasteiger partial charge in [0, 0.05) is 5.92 Å². The van der Waals surface area contributed by atoms with Crippen LogP contribution in [-0.4, -0.2) is 15.9 Å². The number of nitrogen functional groups attached to an aromatic ring is 1. The minimum Gasteiger partial charge on any atom is -0.460 e. The van der Waals surface area contributed by atoms with E-state index in [9.17, 15) is 4.79 Å². The summed E-state index contributed by atoms with van der Waals surface area (Å²) >= 11 is 1.21. The van der Waals surface area contributed by atoms with Gasteiger partial charge >= 0.3 is 0 Å². The maximum atomic E-state index is 11.6. The number of carbonyl (C=O) groups is 1. The Morgan fingerprint density at radius 2 is 2.14 bits per heavy atom. The third-order valence-electron chi connectivity index (χ3n) is 3.75. The molecule has 22 heavy (non-hydrogen) atoms. The van der Waals surface area contributed by atoms with Crippen molar-refractivity contribution in [3.63, 3.8) is 0 Å². The van der Waals surface area contributed by atoms with Gasteiger partial charge in [0.05, 0.1) is 11.1 Å². The van der Waals surface area contributed by atoms with Gasteiger partial charge in [0.15, 0.2) is 5.76 Å². The number of furan rings is 1. The van der Waals surface area contributed by atoms with Crippen molar-refractivity contribution in [2.75, 3.05) is 5.73 Å². The number of primary amides is 1. The molecule has 0 saturated heterocycles. The van der Waals surface area contributed by atoms with Crippen LogP contribution in [0.5, 0.6) is 0 Å². The van der Waals surface area contributed by atoms with Crippen LogP contribution in [0.4, 0.5) is 5.69 Å². The molecule has 7 heteroatoms. The highest BCUT2D eigenvalue weighted by Gasteiger charge is 2.30. The highest BCUT2D eigenvalue weighted by molar-refractivity contribution is 7.21. The highest BCUT2D eigenvalue weighted by Crippen LogP contribution is 2.43. The number of nitrogens with zero attached hydrogens (tertiary/aromatic N) is 2. The third-order valence-corrected chi connectivity index (χ3v) is 4.86. The average molecular weight is 314 g/mol. The number of aryl methyl sites for hydroxylation is 1. The number of amides is 1. The van der Waals surface area contributed by atoms with Crippen molar-refractivity contribution in [2.24, 2.45) is 5.73 Å². The van der Waals surface area contributed by atoms with Gasteiger partial charge in [0.25, 0.3) is 5.91 Å². The van der Waals surface area contributed by atoms with Crippen LogP contribution in [0.15, 0.2) is 16.5 Å². The number of nitrogens with two attached hydrogens (primary N) is 2. The first kappa shape index (κ1) is 13.3. The van der Waals surface area contributed by atoms with Gasteiger partial charge in [-0.3, -0.25) is 4.79 Å². The minimum absolute atomic E-state index is 0.321. The Balaban J connectivity index is 2.04. The molecule has 0 aliphatic heterocycles. The summed E-state index contributed by atoms with van der Waals surface area (Å²) < 4.78 is 5.70. The summed E-state index contributed by atoms with van der Waals surface area (Å²) in [5.41, 5.74) is 12.5. The van der Waals surface area contributed by atoms with E-state index in [1.54, 1.807) is 0 Å². The van der Waals surface area contributed by atoms with Gasteiger partial charge in [-0.1, -0.05) is 0 Å². The molecular formula is C15H14N4O2S. The normalized spacial score (nSPS) is 14.6. The summed E-state index contributed by atoms with van der Waals surface area (Å²) in [4.78, 5) is 21.8. The Morgan fingerprint density at radius 3 is 2.73 bits per heavy atom. The Bertz CT molecular complexity index is 908. The fourth-order valence-corrected chi connectivity index (χ4v) is 3.44. The van der Waals surface area contributed by atoms with Crippen LogP contribution in [0, 0.1) is 6.92 Å². The summed E-state index contributed by atoms with van der Waals surface area (Å²) in [7, 11) is 0. The lowest BCUT2D eigenvalue weighted by atomic mass is 10.2. The van der Waals surface area contributed by atoms with E-state index in [0.29, 0.717) is 38.2 Å². The average Bonchev–Trinajstić information content (AvgIpc) is 3.16. The van der Waals surface area contributed by atoms with E-state index in [-0.39, 0.29) is 0 Å². The smallest absolute Gasteiger partial charge is 0.260 e. The van der Waals surface area contributed by atoms with E-state index in [2.05, 4.69) is 9.97 Å². The quantitative estimate of drug-likeness (QED) is 0.772. The summed E-state index contributed by atoms with van der Waals surface area (Å²) in [5, 5.41) is 0.651. The van der Waals surface area contributed by atoms with E-state index in [1.807, 2.05) is 19.1 Å². The number of thiophene rings is 1. The Morgan fingerprint density at radius 1 is 1.36 bits per heavy atom. The molecule has 112 valence electrons. The second-order valence-electron chi connectivity index (χ2n) is 5.50. The molecule has 4 N–H and O–H groups in total. The van der Waals surface area contributed by atoms with Crippen LogP contribution in [0.2, 0.25) is 0 Å². The summed E-state index contributed by atoms with van der Waals surface area (Å²) in [6.45, 7) is 1.87. The molecule has 1 aliphatic carbocycles. The molecule has 0 spiro atoms. The second kappa shape index (κ2) is 4.54. The van der Waals surface area contributed by atoms with Crippen molar-refractivity contribution in [1.29, 1.82) is 0 Å². The van der Waals surface area contributed by atoms with Crippen molar-refractivity contribution >= 4 is 33.1 Å². The predicted octanol–water partition coefficient (Wildman–Crippen LogP) is 2.82. The molecule has 0 unspecified atom stereocenters. The molecule has 1 fully saturated rings. The van der Waals surface area contributed by atoms with Gasteiger partial charge in [-0.15, -0.1) is 11.3 Å². The summed E-state index contributed by atoms with van der Waals surface area (Å²) in [6.07, 6.45) is 2.18. The molecule has 4 rings (SSSR count). The first-order valence-electron chi connectivity index (χ1n) is 7.01. The molecule has 0 atom stereocenters. The van der Waals surface area contributed by atoms with Gasteiger partial charge in [-0.05, 0) is 31.9 Å². The lowest BCUT2D eigenvalue weighted by Gasteiger charge is -2.04. The van der Waals surface area contributed by atoms with Crippen molar-refractivity contribution in [3.8, 4) is 11.5 Å². The largest absolute Gasteiger partial charge is 0.460 e. The SMILES string of the molecule is Cc1ccc(-c2nc(C3CC3)nc3sc(C(N)=O)c(N)c23)o1. The minimum atomic E-state index is -0.546. The van der Waals surface area contributed by atoms with Gasteiger partial charge < -0.3 is 15.9 Å². The number of hydrogen-bond acceptors (Lipinski definition) is 6. The van der Waals surface area contributed by atoms with Crippen LogP contribution < -0.4 is 11.5 Å². The van der Waals surface area contributed by atoms with Crippen LogP contribution >= 0.6 is 11.3 Å². The predicted molar refractivity (Wildman–Crippen MR) is 84.8 cm³/mol. The van der Waals surface area contributed by atoms with E-state index in [0.717, 1.165) is 24.4 Å². The molecule has 1 amide bonds.